The van der Waals surface area contributed by atoms with Crippen molar-refractivity contribution in [1.82, 2.24) is 9.62 Å². The van der Waals surface area contributed by atoms with Gasteiger partial charge in [-0.2, -0.15) is 0 Å². The van der Waals surface area contributed by atoms with E-state index in [-0.39, 0.29) is 23.6 Å². The average molecular weight is 499 g/mol. The Bertz CT molecular complexity index is 1040. The van der Waals surface area contributed by atoms with E-state index in [4.69, 9.17) is 27.9 Å². The van der Waals surface area contributed by atoms with Gasteiger partial charge in [-0.15, -0.1) is 0 Å². The van der Waals surface area contributed by atoms with Gasteiger partial charge >= 0.3 is 0 Å². The molecule has 1 fully saturated rings. The molecule has 0 spiro atoms. The lowest BCUT2D eigenvalue weighted by Gasteiger charge is -2.31. The number of halogens is 2. The van der Waals surface area contributed by atoms with Crippen molar-refractivity contribution in [3.63, 3.8) is 0 Å². The second kappa shape index (κ2) is 10.9. The fourth-order valence-electron chi connectivity index (χ4n) is 3.76. The minimum Gasteiger partial charge on any atom is -0.494 e. The number of nitrogens with zero attached hydrogens (tertiary/aromatic N) is 1. The lowest BCUT2D eigenvalue weighted by atomic mass is 9.96. The van der Waals surface area contributed by atoms with Gasteiger partial charge in [-0.05, 0) is 62.1 Å². The van der Waals surface area contributed by atoms with Crippen LogP contribution in [0, 0.1) is 5.92 Å². The van der Waals surface area contributed by atoms with Gasteiger partial charge in [0.15, 0.2) is 0 Å². The summed E-state index contributed by atoms with van der Waals surface area (Å²) in [6, 6.07) is 12.3. The molecule has 1 atom stereocenters. The first-order valence-electron chi connectivity index (χ1n) is 10.6. The topological polar surface area (TPSA) is 75.7 Å². The summed E-state index contributed by atoms with van der Waals surface area (Å²) in [5.41, 5.74) is 1.50. The van der Waals surface area contributed by atoms with E-state index < -0.39 is 10.0 Å². The smallest absolute Gasteiger partial charge is 0.223 e. The van der Waals surface area contributed by atoms with Crippen molar-refractivity contribution in [3.05, 3.63) is 63.6 Å². The Kier molecular flexibility index (Phi) is 8.44. The van der Waals surface area contributed by atoms with Crippen LogP contribution in [-0.2, 0) is 20.6 Å². The van der Waals surface area contributed by atoms with Crippen LogP contribution in [0.15, 0.2) is 42.5 Å². The van der Waals surface area contributed by atoms with Crippen molar-refractivity contribution in [3.8, 4) is 5.75 Å². The van der Waals surface area contributed by atoms with Crippen LogP contribution in [0.25, 0.3) is 0 Å². The molecule has 1 N–H and O–H groups in total. The van der Waals surface area contributed by atoms with Gasteiger partial charge in [0.25, 0.3) is 0 Å². The van der Waals surface area contributed by atoms with Crippen LogP contribution in [-0.4, -0.2) is 38.3 Å². The molecular weight excluding hydrogens is 471 g/mol. The molecule has 1 saturated heterocycles. The van der Waals surface area contributed by atoms with E-state index in [1.165, 1.54) is 10.4 Å². The Labute approximate surface area is 199 Å². The number of hydrogen-bond donors (Lipinski definition) is 1. The standard InChI is InChI=1S/C23H28Cl2N2O4S/c1-3-31-21-8-5-17(6-9-21)16(2)26-23(28)18-10-12-27(13-11-18)32(29,30)15-19-4-7-20(24)14-22(19)25/h4-9,14,16,18H,3,10-13,15H2,1-2H3,(H,26,28). The largest absolute Gasteiger partial charge is 0.494 e. The number of rotatable bonds is 8. The molecule has 0 radical (unpaired) electrons. The third-order valence-corrected chi connectivity index (χ3v) is 8.04. The average Bonchev–Trinajstić information content (AvgIpc) is 2.76. The molecule has 32 heavy (non-hydrogen) atoms. The highest BCUT2D eigenvalue weighted by Crippen LogP contribution is 2.27. The zero-order chi connectivity index (χ0) is 23.3. The van der Waals surface area contributed by atoms with Crippen LogP contribution < -0.4 is 10.1 Å². The highest BCUT2D eigenvalue weighted by atomic mass is 35.5. The van der Waals surface area contributed by atoms with Gasteiger partial charge in [0.05, 0.1) is 18.4 Å². The predicted octanol–water partition coefficient (Wildman–Crippen LogP) is 4.81. The first kappa shape index (κ1) is 24.8. The van der Waals surface area contributed by atoms with Crippen LogP contribution in [0.4, 0.5) is 0 Å². The van der Waals surface area contributed by atoms with Gasteiger partial charge in [-0.3, -0.25) is 4.79 Å². The van der Waals surface area contributed by atoms with Crippen LogP contribution in [0.5, 0.6) is 5.75 Å². The molecular formula is C23H28Cl2N2O4S. The highest BCUT2D eigenvalue weighted by molar-refractivity contribution is 7.88. The SMILES string of the molecule is CCOc1ccc(C(C)NC(=O)C2CCN(S(=O)(=O)Cc3ccc(Cl)cc3Cl)CC2)cc1. The maximum atomic E-state index is 12.8. The molecule has 174 valence electrons. The highest BCUT2D eigenvalue weighted by Gasteiger charge is 2.32. The number of nitrogens with one attached hydrogen (secondary N) is 1. The van der Waals surface area contributed by atoms with Crippen LogP contribution >= 0.6 is 23.2 Å². The minimum absolute atomic E-state index is 0.0517. The van der Waals surface area contributed by atoms with Gasteiger partial charge < -0.3 is 10.1 Å². The summed E-state index contributed by atoms with van der Waals surface area (Å²) < 4.78 is 32.5. The van der Waals surface area contributed by atoms with Gasteiger partial charge in [-0.25, -0.2) is 12.7 Å². The first-order valence-corrected chi connectivity index (χ1v) is 13.0. The van der Waals surface area contributed by atoms with E-state index >= 15 is 0 Å². The molecule has 6 nitrogen and oxygen atoms in total. The van der Waals surface area contributed by atoms with E-state index in [2.05, 4.69) is 5.32 Å². The molecule has 1 aliphatic rings. The van der Waals surface area contributed by atoms with Gasteiger partial charge in [0.1, 0.15) is 5.75 Å². The summed E-state index contributed by atoms with van der Waals surface area (Å²) >= 11 is 12.0. The molecule has 1 heterocycles. The molecule has 2 aromatic carbocycles. The van der Waals surface area contributed by atoms with Crippen LogP contribution in [0.3, 0.4) is 0 Å². The fraction of sp³-hybridized carbons (Fsp3) is 0.435. The van der Waals surface area contributed by atoms with Crippen LogP contribution in [0.1, 0.15) is 43.9 Å². The Morgan fingerprint density at radius 1 is 1.16 bits per heavy atom. The summed E-state index contributed by atoms with van der Waals surface area (Å²) in [7, 11) is -3.53. The Balaban J connectivity index is 1.53. The predicted molar refractivity (Wildman–Crippen MR) is 128 cm³/mol. The normalized spacial score (nSPS) is 16.5. The third kappa shape index (κ3) is 6.38. The van der Waals surface area contributed by atoms with Gasteiger partial charge in [-0.1, -0.05) is 41.4 Å². The first-order chi connectivity index (χ1) is 15.2. The summed E-state index contributed by atoms with van der Waals surface area (Å²) in [6.07, 6.45) is 0.963. The van der Waals surface area contributed by atoms with Gasteiger partial charge in [0.2, 0.25) is 15.9 Å². The molecule has 0 aromatic heterocycles. The second-order valence-electron chi connectivity index (χ2n) is 7.90. The number of sulfonamides is 1. The van der Waals surface area contributed by atoms with Crippen molar-refractivity contribution in [1.29, 1.82) is 0 Å². The molecule has 1 aliphatic heterocycles. The molecule has 3 rings (SSSR count). The van der Waals surface area contributed by atoms with E-state index in [1.54, 1.807) is 12.1 Å². The van der Waals surface area contributed by atoms with E-state index in [0.717, 1.165) is 11.3 Å². The van der Waals surface area contributed by atoms with Crippen molar-refractivity contribution < 1.29 is 17.9 Å². The van der Waals surface area contributed by atoms with Gasteiger partial charge in [0, 0.05) is 29.1 Å². The third-order valence-electron chi connectivity index (χ3n) is 5.62. The lowest BCUT2D eigenvalue weighted by molar-refractivity contribution is -0.126. The summed E-state index contributed by atoms with van der Waals surface area (Å²) in [5, 5.41) is 3.84. The maximum absolute atomic E-state index is 12.8. The summed E-state index contributed by atoms with van der Waals surface area (Å²) in [4.78, 5) is 12.7. The number of carbonyl (C=O) groups is 1. The number of benzene rings is 2. The minimum atomic E-state index is -3.53. The molecule has 1 amide bonds. The molecule has 0 saturated carbocycles. The van der Waals surface area contributed by atoms with Crippen LogP contribution in [0.2, 0.25) is 10.0 Å². The fourth-order valence-corrected chi connectivity index (χ4v) is 5.91. The number of piperidine rings is 1. The number of amides is 1. The molecule has 1 unspecified atom stereocenters. The van der Waals surface area contributed by atoms with Crippen molar-refractivity contribution in [2.75, 3.05) is 19.7 Å². The molecule has 0 aliphatic carbocycles. The summed E-state index contributed by atoms with van der Waals surface area (Å²) in [6.45, 7) is 5.09. The monoisotopic (exact) mass is 498 g/mol. The number of carbonyl (C=O) groups excluding carboxylic acids is 1. The van der Waals surface area contributed by atoms with E-state index in [9.17, 15) is 13.2 Å². The summed E-state index contributed by atoms with van der Waals surface area (Å²) in [5.74, 6) is 0.340. The van der Waals surface area contributed by atoms with E-state index in [1.807, 2.05) is 38.1 Å². The number of ether oxygens (including phenoxy) is 1. The van der Waals surface area contributed by atoms with Crippen molar-refractivity contribution in [2.24, 2.45) is 5.92 Å². The molecule has 2 aromatic rings. The maximum Gasteiger partial charge on any atom is 0.223 e. The molecule has 0 bridgehead atoms. The van der Waals surface area contributed by atoms with Crippen molar-refractivity contribution in [2.45, 2.75) is 38.5 Å². The second-order valence-corrected chi connectivity index (χ2v) is 10.7. The number of hydrogen-bond acceptors (Lipinski definition) is 4. The van der Waals surface area contributed by atoms with Crippen molar-refractivity contribution >= 4 is 39.1 Å². The lowest BCUT2D eigenvalue weighted by Crippen LogP contribution is -2.43. The zero-order valence-corrected chi connectivity index (χ0v) is 20.5. The Morgan fingerprint density at radius 2 is 1.81 bits per heavy atom. The molecule has 9 heteroatoms. The zero-order valence-electron chi connectivity index (χ0n) is 18.2. The Morgan fingerprint density at radius 3 is 2.41 bits per heavy atom. The quantitative estimate of drug-likeness (QED) is 0.566. The Hall–Kier alpha value is -1.80. The van der Waals surface area contributed by atoms with E-state index in [0.29, 0.717) is 48.1 Å².